The molecule has 7 heteroatoms. The van der Waals surface area contributed by atoms with E-state index in [-0.39, 0.29) is 11.6 Å². The number of anilines is 1. The zero-order chi connectivity index (χ0) is 17.4. The van der Waals surface area contributed by atoms with Crippen molar-refractivity contribution in [3.8, 4) is 11.1 Å². The lowest BCUT2D eigenvalue weighted by Gasteiger charge is -2.19. The summed E-state index contributed by atoms with van der Waals surface area (Å²) in [6, 6.07) is 2.05. The molecule has 0 bridgehead atoms. The topological polar surface area (TPSA) is 85.6 Å². The summed E-state index contributed by atoms with van der Waals surface area (Å²) in [5.74, 6) is 0.534. The van der Waals surface area contributed by atoms with Crippen molar-refractivity contribution in [2.45, 2.75) is 38.6 Å². The van der Waals surface area contributed by atoms with E-state index < -0.39 is 0 Å². The summed E-state index contributed by atoms with van der Waals surface area (Å²) in [6.07, 6.45) is 9.09. The van der Waals surface area contributed by atoms with Crippen molar-refractivity contribution in [1.82, 2.24) is 24.5 Å². The molecule has 3 aromatic heterocycles. The quantitative estimate of drug-likeness (QED) is 0.791. The summed E-state index contributed by atoms with van der Waals surface area (Å²) in [5.41, 5.74) is 2.84. The minimum absolute atomic E-state index is 0.0330. The fraction of sp³-hybridized carbons (Fsp3) is 0.389. The molecule has 0 aliphatic heterocycles. The zero-order valence-electron chi connectivity index (χ0n) is 14.4. The van der Waals surface area contributed by atoms with E-state index in [4.69, 9.17) is 0 Å². The Hall–Kier alpha value is -2.83. The first kappa shape index (κ1) is 15.7. The average Bonchev–Trinajstić information content (AvgIpc) is 3.16. The van der Waals surface area contributed by atoms with Crippen molar-refractivity contribution in [2.24, 2.45) is 0 Å². The first-order valence-electron chi connectivity index (χ1n) is 8.56. The Kier molecular flexibility index (Phi) is 3.91. The van der Waals surface area contributed by atoms with Gasteiger partial charge in [0.2, 0.25) is 5.95 Å². The van der Waals surface area contributed by atoms with Crippen LogP contribution in [0.2, 0.25) is 0 Å². The maximum atomic E-state index is 13.3. The molecule has 1 aliphatic carbocycles. The van der Waals surface area contributed by atoms with Gasteiger partial charge in [0.1, 0.15) is 12.0 Å². The maximum Gasteiger partial charge on any atom is 0.260 e. The number of fused-ring (bicyclic) bond motifs is 1. The predicted octanol–water partition coefficient (Wildman–Crippen LogP) is 2.71. The smallest absolute Gasteiger partial charge is 0.260 e. The van der Waals surface area contributed by atoms with Crippen LogP contribution in [0.25, 0.3) is 22.2 Å². The number of nitrogens with zero attached hydrogens (tertiary/aromatic N) is 5. The Morgan fingerprint density at radius 1 is 1.16 bits per heavy atom. The summed E-state index contributed by atoms with van der Waals surface area (Å²) >= 11 is 0. The summed E-state index contributed by atoms with van der Waals surface area (Å²) in [7, 11) is 1.79. The molecule has 1 aliphatic rings. The average molecular weight is 336 g/mol. The van der Waals surface area contributed by atoms with E-state index in [9.17, 15) is 4.79 Å². The number of hydrogen-bond acceptors (Lipinski definition) is 6. The van der Waals surface area contributed by atoms with Gasteiger partial charge in [0.25, 0.3) is 5.56 Å². The van der Waals surface area contributed by atoms with Crippen LogP contribution < -0.4 is 10.9 Å². The Morgan fingerprint density at radius 3 is 2.56 bits per heavy atom. The molecule has 0 saturated heterocycles. The van der Waals surface area contributed by atoms with Gasteiger partial charge in [0.05, 0.1) is 11.3 Å². The van der Waals surface area contributed by atoms with Gasteiger partial charge in [-0.05, 0) is 25.8 Å². The van der Waals surface area contributed by atoms with E-state index in [0.29, 0.717) is 17.2 Å². The van der Waals surface area contributed by atoms with E-state index in [1.54, 1.807) is 19.4 Å². The van der Waals surface area contributed by atoms with E-state index in [1.807, 2.05) is 17.6 Å². The molecule has 0 spiro atoms. The van der Waals surface area contributed by atoms with Crippen molar-refractivity contribution in [3.05, 3.63) is 40.8 Å². The summed E-state index contributed by atoms with van der Waals surface area (Å²) in [5, 5.41) is 3.88. The summed E-state index contributed by atoms with van der Waals surface area (Å²) in [6.45, 7) is 1.94. The van der Waals surface area contributed by atoms with Gasteiger partial charge in [-0.1, -0.05) is 12.8 Å². The third kappa shape index (κ3) is 2.65. The highest BCUT2D eigenvalue weighted by Gasteiger charge is 2.24. The van der Waals surface area contributed by atoms with E-state index in [0.717, 1.165) is 42.3 Å². The van der Waals surface area contributed by atoms with Gasteiger partial charge in [0, 0.05) is 36.4 Å². The van der Waals surface area contributed by atoms with Crippen molar-refractivity contribution in [1.29, 1.82) is 0 Å². The zero-order valence-corrected chi connectivity index (χ0v) is 14.4. The second-order valence-corrected chi connectivity index (χ2v) is 6.42. The monoisotopic (exact) mass is 336 g/mol. The van der Waals surface area contributed by atoms with E-state index in [1.165, 1.54) is 6.33 Å². The summed E-state index contributed by atoms with van der Waals surface area (Å²) < 4.78 is 1.86. The second kappa shape index (κ2) is 6.23. The number of hydrogen-bond donors (Lipinski definition) is 1. The van der Waals surface area contributed by atoms with E-state index >= 15 is 0 Å². The maximum absolute atomic E-state index is 13.3. The van der Waals surface area contributed by atoms with Gasteiger partial charge >= 0.3 is 0 Å². The van der Waals surface area contributed by atoms with Crippen LogP contribution in [0.3, 0.4) is 0 Å². The van der Waals surface area contributed by atoms with Crippen molar-refractivity contribution in [2.75, 3.05) is 12.4 Å². The highest BCUT2D eigenvalue weighted by Crippen LogP contribution is 2.32. The first-order valence-corrected chi connectivity index (χ1v) is 8.56. The molecular formula is C18H20N6O. The van der Waals surface area contributed by atoms with Crippen LogP contribution in [-0.2, 0) is 0 Å². The molecule has 3 heterocycles. The molecule has 4 rings (SSSR count). The Labute approximate surface area is 145 Å². The Morgan fingerprint density at radius 2 is 1.88 bits per heavy atom. The van der Waals surface area contributed by atoms with Crippen LogP contribution in [-0.4, -0.2) is 31.6 Å². The van der Waals surface area contributed by atoms with Gasteiger partial charge in [-0.2, -0.15) is 4.98 Å². The SMILES string of the molecule is CNc1nc(C)c2cc(-c3cncnc3)c(=O)n(C3CCCC3)c2n1. The molecule has 128 valence electrons. The second-order valence-electron chi connectivity index (χ2n) is 6.42. The van der Waals surface area contributed by atoms with Crippen LogP contribution in [0.1, 0.15) is 37.4 Å². The molecule has 1 N–H and O–H groups in total. The first-order chi connectivity index (χ1) is 12.2. The number of rotatable bonds is 3. The van der Waals surface area contributed by atoms with Crippen LogP contribution in [0.4, 0.5) is 5.95 Å². The van der Waals surface area contributed by atoms with Crippen LogP contribution >= 0.6 is 0 Å². The summed E-state index contributed by atoms with van der Waals surface area (Å²) in [4.78, 5) is 30.5. The standard InChI is InChI=1S/C18H20N6O/c1-11-14-7-15(12-8-20-10-21-9-12)17(25)24(13-5-3-4-6-13)16(14)23-18(19-2)22-11/h7-10,13H,3-6H2,1-2H3,(H,19,22,23). The minimum atomic E-state index is -0.0330. The van der Waals surface area contributed by atoms with Gasteiger partial charge in [-0.3, -0.25) is 9.36 Å². The molecule has 3 aromatic rings. The Balaban J connectivity index is 2.07. The number of aryl methyl sites for hydroxylation is 1. The number of nitrogens with one attached hydrogen (secondary N) is 1. The molecule has 1 saturated carbocycles. The lowest BCUT2D eigenvalue weighted by molar-refractivity contribution is 0.516. The highest BCUT2D eigenvalue weighted by atomic mass is 16.1. The van der Waals surface area contributed by atoms with Crippen LogP contribution in [0, 0.1) is 6.92 Å². The van der Waals surface area contributed by atoms with Crippen LogP contribution in [0.15, 0.2) is 29.6 Å². The lowest BCUT2D eigenvalue weighted by Crippen LogP contribution is -2.26. The fourth-order valence-corrected chi connectivity index (χ4v) is 3.61. The minimum Gasteiger partial charge on any atom is -0.357 e. The third-order valence-electron chi connectivity index (χ3n) is 4.87. The van der Waals surface area contributed by atoms with Crippen LogP contribution in [0.5, 0.6) is 0 Å². The molecule has 0 atom stereocenters. The largest absolute Gasteiger partial charge is 0.357 e. The molecule has 1 fully saturated rings. The molecule has 7 nitrogen and oxygen atoms in total. The molecule has 0 unspecified atom stereocenters. The number of aromatic nitrogens is 5. The van der Waals surface area contributed by atoms with E-state index in [2.05, 4.69) is 25.3 Å². The molecule has 0 radical (unpaired) electrons. The molecule has 0 amide bonds. The Bertz CT molecular complexity index is 976. The van der Waals surface area contributed by atoms with Gasteiger partial charge in [0.15, 0.2) is 0 Å². The van der Waals surface area contributed by atoms with Crippen molar-refractivity contribution >= 4 is 17.0 Å². The fourth-order valence-electron chi connectivity index (χ4n) is 3.61. The van der Waals surface area contributed by atoms with Crippen molar-refractivity contribution in [3.63, 3.8) is 0 Å². The highest BCUT2D eigenvalue weighted by molar-refractivity contribution is 5.84. The number of pyridine rings is 1. The lowest BCUT2D eigenvalue weighted by atomic mass is 10.1. The normalized spacial score (nSPS) is 15.0. The molecule has 25 heavy (non-hydrogen) atoms. The molecular weight excluding hydrogens is 316 g/mol. The van der Waals surface area contributed by atoms with Gasteiger partial charge < -0.3 is 5.32 Å². The van der Waals surface area contributed by atoms with Crippen molar-refractivity contribution < 1.29 is 0 Å². The third-order valence-corrected chi connectivity index (χ3v) is 4.87. The predicted molar refractivity (Wildman–Crippen MR) is 96.6 cm³/mol. The molecule has 0 aromatic carbocycles. The van der Waals surface area contributed by atoms with Gasteiger partial charge in [-0.15, -0.1) is 0 Å². The van der Waals surface area contributed by atoms with Gasteiger partial charge in [-0.25, -0.2) is 15.0 Å².